The summed E-state index contributed by atoms with van der Waals surface area (Å²) in [5.41, 5.74) is 1.00. The van der Waals surface area contributed by atoms with Crippen LogP contribution in [0.5, 0.6) is 0 Å². The van der Waals surface area contributed by atoms with Crippen molar-refractivity contribution in [1.82, 2.24) is 20.2 Å². The zero-order valence-electron chi connectivity index (χ0n) is 11.3. The number of nitrogens with one attached hydrogen (secondary N) is 2. The molecule has 9 heteroatoms. The lowest BCUT2D eigenvalue weighted by atomic mass is 10.3. The third-order valence-corrected chi connectivity index (χ3v) is 6.05. The number of sulfonamides is 1. The molecule has 0 aliphatic heterocycles. The topological polar surface area (TPSA) is 97.1 Å². The van der Waals surface area contributed by atoms with Crippen LogP contribution in [0.2, 0.25) is 0 Å². The summed E-state index contributed by atoms with van der Waals surface area (Å²) < 4.78 is 32.0. The minimum absolute atomic E-state index is 0.234. The van der Waals surface area contributed by atoms with Crippen LogP contribution in [-0.2, 0) is 23.0 Å². The van der Waals surface area contributed by atoms with Crippen LogP contribution < -0.4 is 10.0 Å². The maximum absolute atomic E-state index is 12.1. The molecule has 0 spiro atoms. The number of thiophene rings is 1. The monoisotopic (exact) mass is 328 g/mol. The lowest BCUT2D eigenvalue weighted by Crippen LogP contribution is -2.25. The van der Waals surface area contributed by atoms with Crippen molar-refractivity contribution in [1.29, 1.82) is 0 Å². The van der Waals surface area contributed by atoms with Gasteiger partial charge in [-0.25, -0.2) is 13.1 Å². The fraction of sp³-hybridized carbons (Fsp3) is 0.500. The van der Waals surface area contributed by atoms with Crippen LogP contribution >= 0.6 is 11.3 Å². The van der Waals surface area contributed by atoms with E-state index in [1.165, 1.54) is 30.5 Å². The van der Waals surface area contributed by atoms with Crippen molar-refractivity contribution in [2.24, 2.45) is 0 Å². The van der Waals surface area contributed by atoms with Crippen molar-refractivity contribution in [2.45, 2.75) is 36.1 Å². The first kappa shape index (κ1) is 14.6. The van der Waals surface area contributed by atoms with Crippen molar-refractivity contribution >= 4 is 21.4 Å². The summed E-state index contributed by atoms with van der Waals surface area (Å²) in [5.74, 6) is 0.415. The van der Waals surface area contributed by atoms with Gasteiger partial charge in [0.1, 0.15) is 4.21 Å². The molecule has 0 saturated heterocycles. The molecule has 1 fully saturated rings. The van der Waals surface area contributed by atoms with E-state index in [4.69, 9.17) is 4.52 Å². The van der Waals surface area contributed by atoms with Crippen LogP contribution in [0, 0.1) is 0 Å². The second-order valence-electron chi connectivity index (χ2n) is 4.91. The van der Waals surface area contributed by atoms with E-state index in [-0.39, 0.29) is 6.54 Å². The molecule has 21 heavy (non-hydrogen) atoms. The van der Waals surface area contributed by atoms with Crippen LogP contribution in [0.4, 0.5) is 0 Å². The molecule has 0 radical (unpaired) electrons. The molecule has 2 heterocycles. The number of aromatic nitrogens is 2. The summed E-state index contributed by atoms with van der Waals surface area (Å²) in [7, 11) is -3.46. The van der Waals surface area contributed by atoms with Gasteiger partial charge in [-0.15, -0.1) is 11.3 Å². The van der Waals surface area contributed by atoms with Crippen LogP contribution in [0.25, 0.3) is 0 Å². The summed E-state index contributed by atoms with van der Waals surface area (Å²) in [5, 5.41) is 8.71. The molecule has 7 nitrogen and oxygen atoms in total. The van der Waals surface area contributed by atoms with E-state index < -0.39 is 10.0 Å². The van der Waals surface area contributed by atoms with Crippen molar-refractivity contribution in [3.8, 4) is 0 Å². The average Bonchev–Trinajstić information content (AvgIpc) is 2.93. The van der Waals surface area contributed by atoms with Gasteiger partial charge >= 0.3 is 0 Å². The minimum atomic E-state index is -3.46. The normalized spacial score (nSPS) is 15.4. The quantitative estimate of drug-likeness (QED) is 0.747. The highest BCUT2D eigenvalue weighted by atomic mass is 32.2. The second kappa shape index (κ2) is 6.22. The molecule has 3 rings (SSSR count). The Hall–Kier alpha value is -1.29. The third-order valence-electron chi connectivity index (χ3n) is 3.10. The second-order valence-corrected chi connectivity index (χ2v) is 7.82. The Balaban J connectivity index is 1.53. The maximum Gasteiger partial charge on any atom is 0.250 e. The van der Waals surface area contributed by atoms with E-state index in [1.54, 1.807) is 6.07 Å². The van der Waals surface area contributed by atoms with Crippen LogP contribution in [0.1, 0.15) is 24.3 Å². The van der Waals surface area contributed by atoms with Gasteiger partial charge in [-0.2, -0.15) is 4.98 Å². The van der Waals surface area contributed by atoms with Crippen molar-refractivity contribution in [3.63, 3.8) is 0 Å². The van der Waals surface area contributed by atoms with Gasteiger partial charge in [0.05, 0.1) is 0 Å². The summed E-state index contributed by atoms with van der Waals surface area (Å²) >= 11 is 1.23. The van der Waals surface area contributed by atoms with E-state index in [2.05, 4.69) is 20.2 Å². The van der Waals surface area contributed by atoms with Crippen LogP contribution in [0.15, 0.2) is 26.5 Å². The molecule has 1 saturated carbocycles. The van der Waals surface area contributed by atoms with Gasteiger partial charge in [0.15, 0.2) is 6.33 Å². The molecule has 1 aliphatic rings. The number of hydrogen-bond donors (Lipinski definition) is 2. The lowest BCUT2D eigenvalue weighted by molar-refractivity contribution is 0.377. The Morgan fingerprint density at radius 3 is 3.00 bits per heavy atom. The number of nitrogens with zero attached hydrogens (tertiary/aromatic N) is 2. The Bertz CT molecular complexity index is 677. The zero-order chi connectivity index (χ0) is 14.7. The van der Waals surface area contributed by atoms with E-state index in [0.29, 0.717) is 22.6 Å². The highest BCUT2D eigenvalue weighted by molar-refractivity contribution is 7.91. The predicted octanol–water partition coefficient (Wildman–Crippen LogP) is 0.904. The molecule has 0 unspecified atom stereocenters. The molecule has 114 valence electrons. The Kier molecular flexibility index (Phi) is 4.34. The Morgan fingerprint density at radius 1 is 1.43 bits per heavy atom. The third kappa shape index (κ3) is 4.10. The molecule has 0 aromatic carbocycles. The van der Waals surface area contributed by atoms with Crippen LogP contribution in [-0.4, -0.2) is 31.1 Å². The smallest absolute Gasteiger partial charge is 0.250 e. The fourth-order valence-corrected chi connectivity index (χ4v) is 4.09. The van der Waals surface area contributed by atoms with E-state index in [9.17, 15) is 8.42 Å². The van der Waals surface area contributed by atoms with E-state index in [0.717, 1.165) is 12.1 Å². The summed E-state index contributed by atoms with van der Waals surface area (Å²) in [6, 6.07) is 2.33. The van der Waals surface area contributed by atoms with Gasteiger partial charge in [-0.1, -0.05) is 5.16 Å². The molecular formula is C12H16N4O3S2. The fourth-order valence-electron chi connectivity index (χ4n) is 1.81. The molecule has 0 amide bonds. The van der Waals surface area contributed by atoms with Crippen molar-refractivity contribution in [2.75, 3.05) is 6.54 Å². The van der Waals surface area contributed by atoms with E-state index in [1.807, 2.05) is 5.38 Å². The first-order valence-electron chi connectivity index (χ1n) is 6.69. The van der Waals surface area contributed by atoms with Crippen LogP contribution in [0.3, 0.4) is 0 Å². The van der Waals surface area contributed by atoms with Gasteiger partial charge in [-0.3, -0.25) is 0 Å². The average molecular weight is 328 g/mol. The van der Waals surface area contributed by atoms with Gasteiger partial charge in [0.25, 0.3) is 0 Å². The lowest BCUT2D eigenvalue weighted by Gasteiger charge is -2.02. The van der Waals surface area contributed by atoms with Crippen molar-refractivity contribution in [3.05, 3.63) is 29.2 Å². The van der Waals surface area contributed by atoms with Gasteiger partial charge < -0.3 is 9.84 Å². The number of rotatable bonds is 8. The molecule has 1 aliphatic carbocycles. The first-order chi connectivity index (χ1) is 10.1. The SMILES string of the molecule is O=S(=O)(NCCc1ncno1)c1cc(CNC2CC2)cs1. The van der Waals surface area contributed by atoms with E-state index >= 15 is 0 Å². The van der Waals surface area contributed by atoms with Gasteiger partial charge in [0, 0.05) is 25.6 Å². The minimum Gasteiger partial charge on any atom is -0.340 e. The summed E-state index contributed by atoms with van der Waals surface area (Å²) in [4.78, 5) is 3.84. The predicted molar refractivity (Wildman–Crippen MR) is 77.4 cm³/mol. The molecule has 2 N–H and O–H groups in total. The molecule has 2 aromatic heterocycles. The first-order valence-corrected chi connectivity index (χ1v) is 9.06. The van der Waals surface area contributed by atoms with Gasteiger partial charge in [-0.05, 0) is 29.9 Å². The molecule has 2 aromatic rings. The Labute approximate surface area is 126 Å². The molecular weight excluding hydrogens is 312 g/mol. The zero-order valence-corrected chi connectivity index (χ0v) is 12.9. The highest BCUT2D eigenvalue weighted by Crippen LogP contribution is 2.22. The maximum atomic E-state index is 12.1. The number of hydrogen-bond acceptors (Lipinski definition) is 7. The van der Waals surface area contributed by atoms with Crippen molar-refractivity contribution < 1.29 is 12.9 Å². The Morgan fingerprint density at radius 2 is 2.29 bits per heavy atom. The summed E-state index contributed by atoms with van der Waals surface area (Å²) in [6.07, 6.45) is 4.10. The highest BCUT2D eigenvalue weighted by Gasteiger charge is 2.21. The standard InChI is InChI=1S/C12H16N4O3S2/c17-21(18,16-4-3-11-14-8-15-19-11)12-5-9(7-20-12)6-13-10-1-2-10/h5,7-8,10,13,16H,1-4,6H2. The summed E-state index contributed by atoms with van der Waals surface area (Å²) in [6.45, 7) is 0.955. The largest absolute Gasteiger partial charge is 0.340 e. The molecule has 0 atom stereocenters. The van der Waals surface area contributed by atoms with Gasteiger partial charge in [0.2, 0.25) is 15.9 Å². The molecule has 0 bridgehead atoms.